The van der Waals surface area contributed by atoms with Gasteiger partial charge >= 0.3 is 0 Å². The third kappa shape index (κ3) is 5.34. The Hall–Kier alpha value is -3.97. The molecular weight excluding hydrogens is 597 g/mol. The van der Waals surface area contributed by atoms with Gasteiger partial charge in [-0.05, 0) is 70.1 Å². The third-order valence-electron chi connectivity index (χ3n) is 7.28. The summed E-state index contributed by atoms with van der Waals surface area (Å²) in [4.78, 5) is -0.0103. The lowest BCUT2D eigenvalue weighted by Gasteiger charge is -2.31. The molecule has 0 bridgehead atoms. The van der Waals surface area contributed by atoms with Gasteiger partial charge in [0.15, 0.2) is 9.84 Å². The summed E-state index contributed by atoms with van der Waals surface area (Å²) in [5, 5.41) is 13.8. The van der Waals surface area contributed by atoms with Gasteiger partial charge in [-0.2, -0.15) is 0 Å². The first-order valence-electron chi connectivity index (χ1n) is 13.0. The van der Waals surface area contributed by atoms with E-state index in [1.165, 1.54) is 42.5 Å². The fourth-order valence-electron chi connectivity index (χ4n) is 5.21. The molecule has 0 aromatic heterocycles. The van der Waals surface area contributed by atoms with Gasteiger partial charge in [0.2, 0.25) is 0 Å². The van der Waals surface area contributed by atoms with Crippen molar-refractivity contribution in [3.8, 4) is 0 Å². The van der Waals surface area contributed by atoms with Crippen molar-refractivity contribution in [1.29, 1.82) is 0 Å². The van der Waals surface area contributed by atoms with Crippen molar-refractivity contribution in [3.05, 3.63) is 109 Å². The molecule has 0 unspecified atom stereocenters. The Bertz CT molecular complexity index is 2150. The van der Waals surface area contributed by atoms with E-state index in [-0.39, 0.29) is 21.2 Å². The van der Waals surface area contributed by atoms with E-state index in [2.05, 4.69) is 4.72 Å². The Morgan fingerprint density at radius 1 is 0.667 bits per heavy atom. The molecule has 5 aromatic carbocycles. The summed E-state index contributed by atoms with van der Waals surface area (Å²) in [6, 6.07) is 28.2. The SMILES string of the molecule is O=S1(=O)C[C@@H](N(c2ccc(NS(=O)(=O)c3ccc4ccccc4c3)cc2)S(=O)(=O)c2ccc3ccccc3c2)[C@@H](O)C1. The van der Waals surface area contributed by atoms with E-state index in [4.69, 9.17) is 0 Å². The summed E-state index contributed by atoms with van der Waals surface area (Å²) in [7, 11) is -12.0. The molecule has 2 N–H and O–H groups in total. The van der Waals surface area contributed by atoms with Crippen LogP contribution in [0.5, 0.6) is 0 Å². The molecule has 216 valence electrons. The van der Waals surface area contributed by atoms with Crippen LogP contribution in [0.1, 0.15) is 0 Å². The van der Waals surface area contributed by atoms with Crippen LogP contribution in [0, 0.1) is 0 Å². The molecule has 1 aliphatic rings. The van der Waals surface area contributed by atoms with Gasteiger partial charge in [0.1, 0.15) is 0 Å². The number of nitrogens with zero attached hydrogens (tertiary/aromatic N) is 1. The predicted octanol–water partition coefficient (Wildman–Crippen LogP) is 4.15. The van der Waals surface area contributed by atoms with Crippen LogP contribution in [0.2, 0.25) is 0 Å². The summed E-state index contributed by atoms with van der Waals surface area (Å²) in [6.07, 6.45) is -1.45. The minimum Gasteiger partial charge on any atom is -0.390 e. The average Bonchev–Trinajstić information content (AvgIpc) is 3.24. The number of aliphatic hydroxyl groups excluding tert-OH is 1. The van der Waals surface area contributed by atoms with E-state index in [1.807, 2.05) is 36.4 Å². The summed E-state index contributed by atoms with van der Waals surface area (Å²) >= 11 is 0. The van der Waals surface area contributed by atoms with Crippen LogP contribution in [0.4, 0.5) is 11.4 Å². The number of benzene rings is 5. The van der Waals surface area contributed by atoms with Crippen molar-refractivity contribution < 1.29 is 30.4 Å². The second kappa shape index (κ2) is 10.4. The Morgan fingerprint density at radius 3 is 1.74 bits per heavy atom. The molecule has 1 saturated heterocycles. The van der Waals surface area contributed by atoms with Crippen LogP contribution in [-0.2, 0) is 29.9 Å². The Morgan fingerprint density at radius 2 is 1.19 bits per heavy atom. The van der Waals surface area contributed by atoms with Gasteiger partial charge in [-0.1, -0.05) is 60.7 Å². The van der Waals surface area contributed by atoms with Crippen molar-refractivity contribution in [2.75, 3.05) is 20.5 Å². The van der Waals surface area contributed by atoms with Crippen LogP contribution >= 0.6 is 0 Å². The number of fused-ring (bicyclic) bond motifs is 2. The molecule has 9 nitrogen and oxygen atoms in total. The van der Waals surface area contributed by atoms with Crippen molar-refractivity contribution in [3.63, 3.8) is 0 Å². The largest absolute Gasteiger partial charge is 0.390 e. The lowest BCUT2D eigenvalue weighted by molar-refractivity contribution is 0.184. The highest BCUT2D eigenvalue weighted by molar-refractivity contribution is 7.93. The van der Waals surface area contributed by atoms with Gasteiger partial charge in [-0.15, -0.1) is 0 Å². The first kappa shape index (κ1) is 28.2. The molecule has 0 aliphatic carbocycles. The van der Waals surface area contributed by atoms with Gasteiger partial charge < -0.3 is 5.11 Å². The molecule has 1 fully saturated rings. The highest BCUT2D eigenvalue weighted by Crippen LogP contribution is 2.33. The van der Waals surface area contributed by atoms with E-state index >= 15 is 0 Å². The zero-order valence-corrected chi connectivity index (χ0v) is 24.5. The van der Waals surface area contributed by atoms with Gasteiger partial charge in [0.25, 0.3) is 20.0 Å². The number of hydrogen-bond acceptors (Lipinski definition) is 7. The fourth-order valence-corrected chi connectivity index (χ4v) is 9.88. The highest BCUT2D eigenvalue weighted by atomic mass is 32.2. The van der Waals surface area contributed by atoms with E-state index in [1.54, 1.807) is 30.3 Å². The monoisotopic (exact) mass is 622 g/mol. The number of hydrogen-bond donors (Lipinski definition) is 2. The first-order chi connectivity index (χ1) is 19.9. The van der Waals surface area contributed by atoms with E-state index in [0.29, 0.717) is 5.39 Å². The van der Waals surface area contributed by atoms with Crippen molar-refractivity contribution in [2.24, 2.45) is 0 Å². The number of anilines is 2. The topological polar surface area (TPSA) is 138 Å². The maximum Gasteiger partial charge on any atom is 0.264 e. The summed E-state index contributed by atoms with van der Waals surface area (Å²) in [5.41, 5.74) is 0.257. The number of sulfonamides is 2. The Kier molecular flexibility index (Phi) is 6.97. The highest BCUT2D eigenvalue weighted by Gasteiger charge is 2.45. The van der Waals surface area contributed by atoms with Gasteiger partial charge in [-0.25, -0.2) is 25.3 Å². The normalized spacial score (nSPS) is 18.7. The first-order valence-corrected chi connectivity index (χ1v) is 17.7. The third-order valence-corrected chi connectivity index (χ3v) is 12.2. The average molecular weight is 623 g/mol. The maximum atomic E-state index is 14.0. The molecular formula is C30H26N2O7S3. The lowest BCUT2D eigenvalue weighted by Crippen LogP contribution is -2.47. The quantitative estimate of drug-likeness (QED) is 0.278. The van der Waals surface area contributed by atoms with Crippen LogP contribution in [0.15, 0.2) is 119 Å². The molecule has 6 rings (SSSR count). The zero-order chi connectivity index (χ0) is 29.7. The number of nitrogens with one attached hydrogen (secondary N) is 1. The molecule has 0 spiro atoms. The van der Waals surface area contributed by atoms with Gasteiger partial charge in [0, 0.05) is 5.69 Å². The predicted molar refractivity (Wildman–Crippen MR) is 163 cm³/mol. The van der Waals surface area contributed by atoms with Gasteiger partial charge in [-0.3, -0.25) is 9.03 Å². The molecule has 1 aliphatic heterocycles. The molecule has 0 radical (unpaired) electrons. The van der Waals surface area contributed by atoms with Crippen molar-refractivity contribution in [1.82, 2.24) is 0 Å². The van der Waals surface area contributed by atoms with Crippen LogP contribution in [0.25, 0.3) is 21.5 Å². The standard InChI is InChI=1S/C30H26N2O7S3/c33-30-20-40(34,35)19-29(30)32(42(38,39)28-16-10-22-6-2-4-8-24(22)18-28)26-13-11-25(12-14-26)31-41(36,37)27-15-9-21-5-1-3-7-23(21)17-27/h1-18,29-31,33H,19-20H2/t29-,30+/m1/s1. The zero-order valence-electron chi connectivity index (χ0n) is 22.0. The molecule has 12 heteroatoms. The molecule has 2 atom stereocenters. The summed E-state index contributed by atoms with van der Waals surface area (Å²) in [5.74, 6) is -1.12. The summed E-state index contributed by atoms with van der Waals surface area (Å²) in [6.45, 7) is 0. The number of rotatable bonds is 7. The second-order valence-electron chi connectivity index (χ2n) is 10.2. The number of sulfone groups is 1. The Balaban J connectivity index is 1.36. The minimum absolute atomic E-state index is 0.0602. The minimum atomic E-state index is -4.35. The molecule has 0 amide bonds. The van der Waals surface area contributed by atoms with Crippen molar-refractivity contribution in [2.45, 2.75) is 21.9 Å². The molecule has 5 aromatic rings. The fraction of sp³-hybridized carbons (Fsp3) is 0.133. The van der Waals surface area contributed by atoms with E-state index in [9.17, 15) is 30.4 Å². The second-order valence-corrected chi connectivity index (χ2v) is 15.8. The number of aliphatic hydroxyl groups is 1. The smallest absolute Gasteiger partial charge is 0.264 e. The van der Waals surface area contributed by atoms with E-state index in [0.717, 1.165) is 20.5 Å². The van der Waals surface area contributed by atoms with Crippen LogP contribution in [0.3, 0.4) is 0 Å². The molecule has 0 saturated carbocycles. The van der Waals surface area contributed by atoms with Crippen molar-refractivity contribution >= 4 is 62.8 Å². The summed E-state index contributed by atoms with van der Waals surface area (Å²) < 4.78 is 82.5. The molecule has 42 heavy (non-hydrogen) atoms. The Labute approximate surface area is 244 Å². The van der Waals surface area contributed by atoms with Crippen LogP contribution in [-0.4, -0.2) is 54.0 Å². The lowest BCUT2D eigenvalue weighted by atomic mass is 10.1. The van der Waals surface area contributed by atoms with Crippen LogP contribution < -0.4 is 9.03 Å². The maximum absolute atomic E-state index is 14.0. The molecule has 1 heterocycles. The van der Waals surface area contributed by atoms with Gasteiger partial charge in [0.05, 0.1) is 39.1 Å². The van der Waals surface area contributed by atoms with E-state index < -0.39 is 53.5 Å².